The predicted molar refractivity (Wildman–Crippen MR) is 93.9 cm³/mol. The number of hydrogen-bond donors (Lipinski definition) is 2. The van der Waals surface area contributed by atoms with Gasteiger partial charge in [0.2, 0.25) is 0 Å². The van der Waals surface area contributed by atoms with Crippen LogP contribution in [0.5, 0.6) is 0 Å². The Bertz CT molecular complexity index is 989. The summed E-state index contributed by atoms with van der Waals surface area (Å²) < 4.78 is 5.25. The highest BCUT2D eigenvalue weighted by Gasteiger charge is 2.23. The Morgan fingerprint density at radius 1 is 1.28 bits per heavy atom. The zero-order valence-corrected chi connectivity index (χ0v) is 15.0. The Morgan fingerprint density at radius 3 is 2.60 bits per heavy atom. The van der Waals surface area contributed by atoms with Gasteiger partial charge >= 0.3 is 5.97 Å². The summed E-state index contributed by atoms with van der Waals surface area (Å²) in [5.74, 6) is -1.61. The van der Waals surface area contributed by atoms with Gasteiger partial charge in [0.25, 0.3) is 11.6 Å². The van der Waals surface area contributed by atoms with Crippen molar-refractivity contribution in [3.8, 4) is 11.3 Å². The lowest BCUT2D eigenvalue weighted by molar-refractivity contribution is -0.138. The average Bonchev–Trinajstić information content (AvgIpc) is 3.08. The van der Waals surface area contributed by atoms with Gasteiger partial charge in [-0.3, -0.25) is 9.59 Å². The third-order valence-electron chi connectivity index (χ3n) is 3.90. The maximum atomic E-state index is 12.6. The maximum absolute atomic E-state index is 12.6. The first-order valence-corrected chi connectivity index (χ1v) is 8.47. The standard InChI is InChI=1S/C17H17N3O4S/c1-7-5-11(10(4)25-7)13-6-12(15(21)18-9(3)17(22)23)14-8(2)20-24-16(14)19-13/h5-6,9H,1-4H3,(H,18,21)(H,22,23)/t9-/m0/s1. The predicted octanol–water partition coefficient (Wildman–Crippen LogP) is 3.08. The monoisotopic (exact) mass is 359 g/mol. The van der Waals surface area contributed by atoms with E-state index in [9.17, 15) is 9.59 Å². The van der Waals surface area contributed by atoms with Crippen LogP contribution in [-0.2, 0) is 4.79 Å². The van der Waals surface area contributed by atoms with Crippen LogP contribution in [-0.4, -0.2) is 33.2 Å². The molecule has 0 aromatic carbocycles. The molecule has 3 heterocycles. The maximum Gasteiger partial charge on any atom is 0.325 e. The minimum absolute atomic E-state index is 0.256. The van der Waals surface area contributed by atoms with E-state index in [1.54, 1.807) is 24.3 Å². The van der Waals surface area contributed by atoms with Crippen LogP contribution in [0, 0.1) is 20.8 Å². The van der Waals surface area contributed by atoms with Crippen molar-refractivity contribution in [1.29, 1.82) is 0 Å². The van der Waals surface area contributed by atoms with Crippen LogP contribution >= 0.6 is 11.3 Å². The van der Waals surface area contributed by atoms with Crippen molar-refractivity contribution in [2.75, 3.05) is 0 Å². The van der Waals surface area contributed by atoms with E-state index in [0.717, 1.165) is 15.3 Å². The van der Waals surface area contributed by atoms with Crippen molar-refractivity contribution in [3.05, 3.63) is 33.1 Å². The van der Waals surface area contributed by atoms with E-state index in [4.69, 9.17) is 9.63 Å². The summed E-state index contributed by atoms with van der Waals surface area (Å²) in [6, 6.07) is 2.65. The Morgan fingerprint density at radius 2 is 2.00 bits per heavy atom. The molecule has 1 atom stereocenters. The van der Waals surface area contributed by atoms with Crippen LogP contribution in [0.3, 0.4) is 0 Å². The van der Waals surface area contributed by atoms with E-state index >= 15 is 0 Å². The molecule has 7 nitrogen and oxygen atoms in total. The number of amides is 1. The fourth-order valence-corrected chi connectivity index (χ4v) is 3.57. The molecule has 3 aromatic rings. The van der Waals surface area contributed by atoms with E-state index in [-0.39, 0.29) is 5.71 Å². The van der Waals surface area contributed by atoms with Gasteiger partial charge in [-0.05, 0) is 39.8 Å². The minimum atomic E-state index is -1.11. The summed E-state index contributed by atoms with van der Waals surface area (Å²) in [5, 5.41) is 15.9. The van der Waals surface area contributed by atoms with Gasteiger partial charge in [-0.25, -0.2) is 4.98 Å². The number of thiophene rings is 1. The fraction of sp³-hybridized carbons (Fsp3) is 0.294. The molecular formula is C17H17N3O4S. The second-order valence-corrected chi connectivity index (χ2v) is 7.32. The number of aliphatic carboxylic acids is 1. The molecule has 130 valence electrons. The summed E-state index contributed by atoms with van der Waals surface area (Å²) in [6.07, 6.45) is 0. The van der Waals surface area contributed by atoms with Gasteiger partial charge in [0.15, 0.2) is 0 Å². The van der Waals surface area contributed by atoms with Gasteiger partial charge in [-0.15, -0.1) is 11.3 Å². The van der Waals surface area contributed by atoms with E-state index in [0.29, 0.717) is 22.3 Å². The van der Waals surface area contributed by atoms with Crippen LogP contribution in [0.25, 0.3) is 22.4 Å². The van der Waals surface area contributed by atoms with Crippen molar-refractivity contribution in [2.24, 2.45) is 0 Å². The highest BCUT2D eigenvalue weighted by atomic mass is 32.1. The Kier molecular flexibility index (Phi) is 4.30. The molecule has 25 heavy (non-hydrogen) atoms. The van der Waals surface area contributed by atoms with Crippen LogP contribution < -0.4 is 5.32 Å². The molecule has 3 rings (SSSR count). The lowest BCUT2D eigenvalue weighted by Crippen LogP contribution is -2.38. The third-order valence-corrected chi connectivity index (χ3v) is 4.86. The minimum Gasteiger partial charge on any atom is -0.480 e. The van der Waals surface area contributed by atoms with Crippen molar-refractivity contribution < 1.29 is 19.2 Å². The zero-order valence-electron chi connectivity index (χ0n) is 14.2. The number of aryl methyl sites for hydroxylation is 3. The Balaban J connectivity index is 2.15. The first-order valence-electron chi connectivity index (χ1n) is 7.66. The number of rotatable bonds is 4. The number of nitrogens with zero attached hydrogens (tertiary/aromatic N) is 2. The number of carboxylic acids is 1. The van der Waals surface area contributed by atoms with Crippen molar-refractivity contribution in [2.45, 2.75) is 33.7 Å². The zero-order chi connectivity index (χ0) is 18.3. The van der Waals surface area contributed by atoms with Gasteiger partial charge in [0, 0.05) is 15.3 Å². The number of carbonyl (C=O) groups excluding carboxylic acids is 1. The fourth-order valence-electron chi connectivity index (χ4n) is 2.63. The molecule has 1 amide bonds. The van der Waals surface area contributed by atoms with Crippen LogP contribution in [0.15, 0.2) is 16.7 Å². The van der Waals surface area contributed by atoms with E-state index in [2.05, 4.69) is 15.5 Å². The van der Waals surface area contributed by atoms with Crippen LogP contribution in [0.1, 0.15) is 32.7 Å². The summed E-state index contributed by atoms with van der Waals surface area (Å²) in [4.78, 5) is 30.3. The molecule has 0 fully saturated rings. The molecule has 2 N–H and O–H groups in total. The largest absolute Gasteiger partial charge is 0.480 e. The third kappa shape index (κ3) is 3.12. The number of carboxylic acid groups (broad SMARTS) is 1. The molecule has 8 heteroatoms. The molecule has 0 saturated carbocycles. The van der Waals surface area contributed by atoms with E-state index in [1.807, 2.05) is 19.9 Å². The first kappa shape index (κ1) is 17.1. The number of pyridine rings is 1. The van der Waals surface area contributed by atoms with Gasteiger partial charge < -0.3 is 14.9 Å². The SMILES string of the molecule is Cc1cc(-c2cc(C(=O)N[C@@H](C)C(=O)O)c3c(C)noc3n2)c(C)s1. The molecule has 3 aromatic heterocycles. The summed E-state index contributed by atoms with van der Waals surface area (Å²) in [5.41, 5.74) is 2.60. The second-order valence-electron chi connectivity index (χ2n) is 5.86. The molecule has 0 radical (unpaired) electrons. The average molecular weight is 359 g/mol. The van der Waals surface area contributed by atoms with Crippen molar-refractivity contribution in [3.63, 3.8) is 0 Å². The normalized spacial score (nSPS) is 12.3. The summed E-state index contributed by atoms with van der Waals surface area (Å²) in [6.45, 7) is 7.11. The molecule has 0 aliphatic rings. The van der Waals surface area contributed by atoms with Gasteiger partial charge in [-0.1, -0.05) is 5.16 Å². The van der Waals surface area contributed by atoms with Gasteiger partial charge in [0.1, 0.15) is 6.04 Å². The van der Waals surface area contributed by atoms with Gasteiger partial charge in [-0.2, -0.15) is 0 Å². The Labute approximate surface area is 147 Å². The second kappa shape index (κ2) is 6.29. The highest BCUT2D eigenvalue weighted by molar-refractivity contribution is 7.12. The number of nitrogens with one attached hydrogen (secondary N) is 1. The number of fused-ring (bicyclic) bond motifs is 1. The lowest BCUT2D eigenvalue weighted by atomic mass is 10.1. The number of aromatic nitrogens is 2. The molecule has 0 unspecified atom stereocenters. The molecule has 0 aliphatic carbocycles. The molecule has 0 bridgehead atoms. The van der Waals surface area contributed by atoms with Crippen LogP contribution in [0.2, 0.25) is 0 Å². The summed E-state index contributed by atoms with van der Waals surface area (Å²) in [7, 11) is 0. The van der Waals surface area contributed by atoms with E-state index in [1.165, 1.54) is 6.92 Å². The summed E-state index contributed by atoms with van der Waals surface area (Å²) >= 11 is 1.64. The quantitative estimate of drug-likeness (QED) is 0.741. The first-order chi connectivity index (χ1) is 11.8. The van der Waals surface area contributed by atoms with Gasteiger partial charge in [0.05, 0.1) is 22.3 Å². The molecule has 0 aliphatic heterocycles. The number of hydrogen-bond acceptors (Lipinski definition) is 6. The lowest BCUT2D eigenvalue weighted by Gasteiger charge is -2.11. The van der Waals surface area contributed by atoms with E-state index < -0.39 is 17.9 Å². The van der Waals surface area contributed by atoms with Crippen LogP contribution in [0.4, 0.5) is 0 Å². The van der Waals surface area contributed by atoms with Crippen molar-refractivity contribution >= 4 is 34.3 Å². The molecular weight excluding hydrogens is 342 g/mol. The molecule has 0 spiro atoms. The topological polar surface area (TPSA) is 105 Å². The molecule has 0 saturated heterocycles. The number of carbonyl (C=O) groups is 2. The Hall–Kier alpha value is -2.74. The smallest absolute Gasteiger partial charge is 0.325 e. The van der Waals surface area contributed by atoms with Crippen molar-refractivity contribution in [1.82, 2.24) is 15.5 Å². The highest BCUT2D eigenvalue weighted by Crippen LogP contribution is 2.32.